The second kappa shape index (κ2) is 7.24. The van der Waals surface area contributed by atoms with Crippen LogP contribution < -0.4 is 0 Å². The molecule has 0 bridgehead atoms. The Bertz CT molecular complexity index is 460. The molecule has 1 heterocycles. The summed E-state index contributed by atoms with van der Waals surface area (Å²) in [5.74, 6) is 2.02. The second-order valence-corrected chi connectivity index (χ2v) is 6.90. The molecule has 0 spiro atoms. The Labute approximate surface area is 129 Å². The van der Waals surface area contributed by atoms with Gasteiger partial charge >= 0.3 is 0 Å². The predicted octanol–water partition coefficient (Wildman–Crippen LogP) is 4.43. The summed E-state index contributed by atoms with van der Waals surface area (Å²) in [7, 11) is 0. The molecule has 3 heteroatoms. The number of ketones is 1. The van der Waals surface area contributed by atoms with E-state index >= 15 is 0 Å². The first-order valence-electron chi connectivity index (χ1n) is 8.61. The van der Waals surface area contributed by atoms with Crippen molar-refractivity contribution in [2.75, 3.05) is 0 Å². The van der Waals surface area contributed by atoms with Crippen LogP contribution in [0.25, 0.3) is 0 Å². The summed E-state index contributed by atoms with van der Waals surface area (Å²) in [5.41, 5.74) is 1.09. The van der Waals surface area contributed by atoms with Gasteiger partial charge in [-0.1, -0.05) is 27.7 Å². The van der Waals surface area contributed by atoms with E-state index in [0.717, 1.165) is 44.2 Å². The minimum atomic E-state index is 0.191. The summed E-state index contributed by atoms with van der Waals surface area (Å²) in [6.07, 6.45) is 8.02. The zero-order valence-electron chi connectivity index (χ0n) is 14.0. The largest absolute Gasteiger partial charge is 0.299 e. The molecule has 1 saturated carbocycles. The smallest absolute Gasteiger partial charge is 0.136 e. The lowest BCUT2D eigenvalue weighted by molar-refractivity contribution is -0.125. The molecule has 0 aromatic carbocycles. The zero-order valence-corrected chi connectivity index (χ0v) is 14.0. The summed E-state index contributed by atoms with van der Waals surface area (Å²) in [5, 5.41) is 4.72. The van der Waals surface area contributed by atoms with Crippen LogP contribution in [0.4, 0.5) is 0 Å². The summed E-state index contributed by atoms with van der Waals surface area (Å²) >= 11 is 0. The first-order chi connectivity index (χ1) is 10.0. The molecule has 0 N–H and O–H groups in total. The van der Waals surface area contributed by atoms with Crippen LogP contribution in [0.1, 0.15) is 71.5 Å². The van der Waals surface area contributed by atoms with E-state index in [9.17, 15) is 4.79 Å². The number of aromatic nitrogens is 2. The maximum Gasteiger partial charge on any atom is 0.136 e. The fourth-order valence-electron chi connectivity index (χ4n) is 3.55. The average Bonchev–Trinajstić information content (AvgIpc) is 2.91. The van der Waals surface area contributed by atoms with Crippen LogP contribution in [0.3, 0.4) is 0 Å². The molecule has 1 aliphatic rings. The topological polar surface area (TPSA) is 34.9 Å². The SMILES string of the molecule is CCC(CC)n1ccc(CC2CC(C(C)C)CCC2=O)n1. The van der Waals surface area contributed by atoms with Crippen LogP contribution in [0.5, 0.6) is 0 Å². The van der Waals surface area contributed by atoms with Gasteiger partial charge in [0.2, 0.25) is 0 Å². The molecular formula is C18H30N2O. The minimum Gasteiger partial charge on any atom is -0.299 e. The molecule has 3 nitrogen and oxygen atoms in total. The van der Waals surface area contributed by atoms with Crippen molar-refractivity contribution in [1.29, 1.82) is 0 Å². The molecule has 1 aliphatic carbocycles. The number of nitrogens with zero attached hydrogens (tertiary/aromatic N) is 2. The van der Waals surface area contributed by atoms with Crippen molar-refractivity contribution in [3.05, 3.63) is 18.0 Å². The summed E-state index contributed by atoms with van der Waals surface area (Å²) < 4.78 is 2.09. The van der Waals surface area contributed by atoms with Gasteiger partial charge in [-0.15, -0.1) is 0 Å². The van der Waals surface area contributed by atoms with Crippen LogP contribution in [-0.4, -0.2) is 15.6 Å². The third kappa shape index (κ3) is 3.96. The quantitative estimate of drug-likeness (QED) is 0.777. The van der Waals surface area contributed by atoms with Crippen LogP contribution in [0.15, 0.2) is 12.3 Å². The van der Waals surface area contributed by atoms with Gasteiger partial charge in [0.05, 0.1) is 11.7 Å². The summed E-state index contributed by atoms with van der Waals surface area (Å²) in [6, 6.07) is 2.59. The Kier molecular flexibility index (Phi) is 5.60. The van der Waals surface area contributed by atoms with Crippen molar-refractivity contribution in [2.45, 2.75) is 72.3 Å². The molecule has 2 rings (SSSR count). The van der Waals surface area contributed by atoms with E-state index in [0.29, 0.717) is 23.7 Å². The monoisotopic (exact) mass is 290 g/mol. The van der Waals surface area contributed by atoms with Crippen LogP contribution in [0.2, 0.25) is 0 Å². The van der Waals surface area contributed by atoms with Gasteiger partial charge in [0.1, 0.15) is 5.78 Å². The van der Waals surface area contributed by atoms with Crippen LogP contribution >= 0.6 is 0 Å². The van der Waals surface area contributed by atoms with E-state index in [1.54, 1.807) is 0 Å². The maximum atomic E-state index is 12.2. The molecule has 118 valence electrons. The van der Waals surface area contributed by atoms with Gasteiger partial charge in [-0.2, -0.15) is 5.10 Å². The highest BCUT2D eigenvalue weighted by atomic mass is 16.1. The van der Waals surface area contributed by atoms with Gasteiger partial charge in [0, 0.05) is 25.0 Å². The van der Waals surface area contributed by atoms with Gasteiger partial charge in [-0.25, -0.2) is 0 Å². The fourth-order valence-corrected chi connectivity index (χ4v) is 3.55. The first kappa shape index (κ1) is 16.3. The second-order valence-electron chi connectivity index (χ2n) is 6.90. The van der Waals surface area contributed by atoms with Crippen LogP contribution in [0, 0.1) is 17.8 Å². The van der Waals surface area contributed by atoms with Gasteiger partial charge in [0.15, 0.2) is 0 Å². The predicted molar refractivity (Wildman–Crippen MR) is 86.2 cm³/mol. The van der Waals surface area contributed by atoms with E-state index in [4.69, 9.17) is 5.10 Å². The van der Waals surface area contributed by atoms with E-state index in [1.165, 1.54) is 0 Å². The van der Waals surface area contributed by atoms with Gasteiger partial charge in [0.25, 0.3) is 0 Å². The number of Topliss-reactive ketones (excluding diaryl/α,β-unsaturated/α-hetero) is 1. The molecule has 1 aromatic heterocycles. The number of carbonyl (C=O) groups is 1. The van der Waals surface area contributed by atoms with Crippen molar-refractivity contribution < 1.29 is 4.79 Å². The highest BCUT2D eigenvalue weighted by Gasteiger charge is 2.30. The van der Waals surface area contributed by atoms with Crippen molar-refractivity contribution in [3.8, 4) is 0 Å². The van der Waals surface area contributed by atoms with Crippen molar-refractivity contribution in [1.82, 2.24) is 9.78 Å². The lowest BCUT2D eigenvalue weighted by Crippen LogP contribution is -2.29. The molecule has 0 saturated heterocycles. The third-order valence-corrected chi connectivity index (χ3v) is 5.18. The molecule has 1 aromatic rings. The Hall–Kier alpha value is -1.12. The third-order valence-electron chi connectivity index (χ3n) is 5.18. The molecule has 1 fully saturated rings. The highest BCUT2D eigenvalue weighted by Crippen LogP contribution is 2.33. The number of hydrogen-bond donors (Lipinski definition) is 0. The summed E-state index contributed by atoms with van der Waals surface area (Å²) in [6.45, 7) is 8.96. The van der Waals surface area contributed by atoms with Crippen LogP contribution in [-0.2, 0) is 11.2 Å². The number of rotatable bonds is 6. The molecule has 2 unspecified atom stereocenters. The molecule has 21 heavy (non-hydrogen) atoms. The van der Waals surface area contributed by atoms with E-state index in [2.05, 4.69) is 44.6 Å². The molecule has 0 amide bonds. The van der Waals surface area contributed by atoms with Gasteiger partial charge in [-0.05, 0) is 43.6 Å². The maximum absolute atomic E-state index is 12.2. The van der Waals surface area contributed by atoms with E-state index < -0.39 is 0 Å². The average molecular weight is 290 g/mol. The summed E-state index contributed by atoms with van der Waals surface area (Å²) in [4.78, 5) is 12.2. The molecule has 0 aliphatic heterocycles. The Morgan fingerprint density at radius 3 is 2.67 bits per heavy atom. The number of hydrogen-bond acceptors (Lipinski definition) is 2. The van der Waals surface area contributed by atoms with Gasteiger partial charge in [-0.3, -0.25) is 9.48 Å². The molecular weight excluding hydrogens is 260 g/mol. The first-order valence-corrected chi connectivity index (χ1v) is 8.61. The normalized spacial score (nSPS) is 23.2. The zero-order chi connectivity index (χ0) is 15.4. The van der Waals surface area contributed by atoms with Crippen molar-refractivity contribution in [2.24, 2.45) is 17.8 Å². The van der Waals surface area contributed by atoms with E-state index in [1.807, 2.05) is 0 Å². The van der Waals surface area contributed by atoms with Gasteiger partial charge < -0.3 is 0 Å². The number of carbonyl (C=O) groups excluding carboxylic acids is 1. The standard InChI is InChI=1S/C18H30N2O/c1-5-17(6-2)20-10-9-16(19-20)12-15-11-14(13(3)4)7-8-18(15)21/h9-10,13-15,17H,5-8,11-12H2,1-4H3. The lowest BCUT2D eigenvalue weighted by atomic mass is 9.74. The Balaban J connectivity index is 2.01. The lowest BCUT2D eigenvalue weighted by Gasteiger charge is -2.30. The van der Waals surface area contributed by atoms with E-state index in [-0.39, 0.29) is 5.92 Å². The van der Waals surface area contributed by atoms with Crippen molar-refractivity contribution in [3.63, 3.8) is 0 Å². The van der Waals surface area contributed by atoms with Crippen molar-refractivity contribution >= 4 is 5.78 Å². The Morgan fingerprint density at radius 1 is 1.33 bits per heavy atom. The highest BCUT2D eigenvalue weighted by molar-refractivity contribution is 5.82. The molecule has 2 atom stereocenters. The minimum absolute atomic E-state index is 0.191. The fraction of sp³-hybridized carbons (Fsp3) is 0.778. The molecule has 0 radical (unpaired) electrons. The Morgan fingerprint density at radius 2 is 2.05 bits per heavy atom.